The zero-order valence-corrected chi connectivity index (χ0v) is 33.8. The van der Waals surface area contributed by atoms with Crippen LogP contribution >= 0.6 is 11.3 Å². The van der Waals surface area contributed by atoms with Crippen molar-refractivity contribution < 1.29 is 23.9 Å². The third-order valence-electron chi connectivity index (χ3n) is 11.4. The Kier molecular flexibility index (Phi) is 11.1. The van der Waals surface area contributed by atoms with Gasteiger partial charge in [0.05, 0.1) is 18.9 Å². The second-order valence-corrected chi connectivity index (χ2v) is 16.4. The van der Waals surface area contributed by atoms with E-state index >= 15 is 4.79 Å². The van der Waals surface area contributed by atoms with Crippen LogP contribution in [0.3, 0.4) is 0 Å². The number of amides is 3. The van der Waals surface area contributed by atoms with Crippen LogP contribution < -0.4 is 9.64 Å². The van der Waals surface area contributed by atoms with Crippen molar-refractivity contribution in [1.29, 1.82) is 0 Å². The topological polar surface area (TPSA) is 95.5 Å². The van der Waals surface area contributed by atoms with Crippen LogP contribution in [-0.2, 0) is 30.7 Å². The van der Waals surface area contributed by atoms with E-state index in [2.05, 4.69) is 29.2 Å². The van der Waals surface area contributed by atoms with Crippen molar-refractivity contribution in [2.75, 3.05) is 44.3 Å². The Bertz CT molecular complexity index is 2430. The van der Waals surface area contributed by atoms with Crippen molar-refractivity contribution in [2.45, 2.75) is 38.9 Å². The smallest absolute Gasteiger partial charge is 0.410 e. The Balaban J connectivity index is 1.11. The second kappa shape index (κ2) is 17.0. The predicted molar refractivity (Wildman–Crippen MR) is 229 cm³/mol. The third kappa shape index (κ3) is 8.14. The lowest BCUT2D eigenvalue weighted by atomic mass is 9.89. The van der Waals surface area contributed by atoms with Gasteiger partial charge in [0.1, 0.15) is 5.75 Å². The second-order valence-electron chi connectivity index (χ2n) is 15.2. The summed E-state index contributed by atoms with van der Waals surface area (Å²) >= 11 is 1.33. The molecule has 0 bridgehead atoms. The molecule has 4 heterocycles. The van der Waals surface area contributed by atoms with Crippen LogP contribution in [0.15, 0.2) is 127 Å². The number of morpholine rings is 1. The number of fused-ring (bicyclic) bond motifs is 2. The summed E-state index contributed by atoms with van der Waals surface area (Å²) in [6.45, 7) is 6.89. The van der Waals surface area contributed by atoms with Gasteiger partial charge in [-0.25, -0.2) is 9.78 Å². The number of carbonyl (C=O) groups is 3. The highest BCUT2D eigenvalue weighted by molar-refractivity contribution is 7.14. The van der Waals surface area contributed by atoms with Gasteiger partial charge in [0.25, 0.3) is 11.8 Å². The van der Waals surface area contributed by atoms with Crippen LogP contribution in [0.1, 0.15) is 47.3 Å². The third-order valence-corrected chi connectivity index (χ3v) is 12.4. The summed E-state index contributed by atoms with van der Waals surface area (Å²) in [4.78, 5) is 57.1. The Morgan fingerprint density at radius 1 is 0.763 bits per heavy atom. The highest BCUT2D eigenvalue weighted by Crippen LogP contribution is 2.38. The van der Waals surface area contributed by atoms with Crippen molar-refractivity contribution in [3.8, 4) is 17.0 Å². The summed E-state index contributed by atoms with van der Waals surface area (Å²) in [5.74, 6) is 0.127. The van der Waals surface area contributed by atoms with Gasteiger partial charge in [0.2, 0.25) is 0 Å². The molecule has 0 N–H and O–H groups in total. The summed E-state index contributed by atoms with van der Waals surface area (Å²) in [6.07, 6.45) is 0.876. The minimum atomic E-state index is -0.433. The largest absolute Gasteiger partial charge is 0.415 e. The number of rotatable bonds is 8. The molecule has 9 rings (SSSR count). The molecule has 1 atom stereocenters. The average Bonchev–Trinajstić information content (AvgIpc) is 3.68. The maximum absolute atomic E-state index is 15.4. The van der Waals surface area contributed by atoms with Crippen LogP contribution in [0.25, 0.3) is 11.3 Å². The summed E-state index contributed by atoms with van der Waals surface area (Å²) in [5.41, 5.74) is 7.58. The minimum absolute atomic E-state index is 0.0734. The van der Waals surface area contributed by atoms with Crippen molar-refractivity contribution in [2.24, 2.45) is 0 Å². The molecule has 0 radical (unpaired) electrons. The fourth-order valence-corrected chi connectivity index (χ4v) is 9.25. The van der Waals surface area contributed by atoms with E-state index in [4.69, 9.17) is 14.5 Å². The maximum atomic E-state index is 15.4. The number of ether oxygens (including phenoxy) is 2. The SMILES string of the molecule is Cc1sc(C(=O)N(c2ccccc2)c2ccccc2)nc1-c1cc2c(cc1C(=O)N1Cc3ccccc3C[C@H]1CN1CCOCC1)CN(C(=O)Oc1ccccc1)CC2. The standard InChI is InChI=1S/C48H45N5O5S/c1-33-44(49-45(59-33)47(55)53(38-15-5-2-6-16-38)39-17-7-3-8-18-39)42-28-35-21-22-51(48(56)58-41-19-9-4-10-20-41)30-37(35)29-43(42)46(54)52-31-36-14-12-11-13-34(36)27-40(52)32-50-23-25-57-26-24-50/h2-20,28-29,40H,21-27,30-32H2,1H3/t40-/m0/s1. The number of nitrogens with zero attached hydrogens (tertiary/aromatic N) is 5. The average molecular weight is 804 g/mol. The Morgan fingerprint density at radius 2 is 1.41 bits per heavy atom. The van der Waals surface area contributed by atoms with Gasteiger partial charge < -0.3 is 19.3 Å². The quantitative estimate of drug-likeness (QED) is 0.152. The molecule has 11 heteroatoms. The van der Waals surface area contributed by atoms with Crippen molar-refractivity contribution in [1.82, 2.24) is 19.7 Å². The predicted octanol–water partition coefficient (Wildman–Crippen LogP) is 8.55. The molecular weight excluding hydrogens is 759 g/mol. The molecule has 0 aliphatic carbocycles. The van der Waals surface area contributed by atoms with Gasteiger partial charge in [-0.05, 0) is 90.6 Å². The van der Waals surface area contributed by atoms with Gasteiger partial charge >= 0.3 is 6.09 Å². The normalized spacial score (nSPS) is 16.5. The van der Waals surface area contributed by atoms with E-state index in [1.807, 2.05) is 103 Å². The molecule has 298 valence electrons. The van der Waals surface area contributed by atoms with Crippen LogP contribution in [-0.4, -0.2) is 83.0 Å². The number of aryl methyl sites for hydroxylation is 1. The minimum Gasteiger partial charge on any atom is -0.410 e. The molecule has 1 fully saturated rings. The van der Waals surface area contributed by atoms with Crippen molar-refractivity contribution >= 4 is 40.6 Å². The first kappa shape index (κ1) is 38.4. The number of hydrogen-bond acceptors (Lipinski definition) is 8. The van der Waals surface area contributed by atoms with E-state index in [-0.39, 0.29) is 17.9 Å². The molecule has 0 spiro atoms. The molecule has 1 aromatic heterocycles. The Hall–Kier alpha value is -6.14. The molecule has 3 amide bonds. The van der Waals surface area contributed by atoms with Crippen molar-refractivity contribution in [3.05, 3.63) is 165 Å². The summed E-state index contributed by atoms with van der Waals surface area (Å²) < 4.78 is 11.4. The number of benzene rings is 5. The maximum Gasteiger partial charge on any atom is 0.415 e. The van der Waals surface area contributed by atoms with Crippen LogP contribution in [0.5, 0.6) is 5.75 Å². The monoisotopic (exact) mass is 803 g/mol. The molecule has 59 heavy (non-hydrogen) atoms. The number of carbonyl (C=O) groups excluding carboxylic acids is 3. The first-order valence-electron chi connectivity index (χ1n) is 20.2. The Morgan fingerprint density at radius 3 is 2.10 bits per heavy atom. The number of aromatic nitrogens is 1. The van der Waals surface area contributed by atoms with Crippen LogP contribution in [0.4, 0.5) is 16.2 Å². The van der Waals surface area contributed by atoms with Gasteiger partial charge in [0.15, 0.2) is 5.01 Å². The van der Waals surface area contributed by atoms with E-state index in [0.717, 1.165) is 59.0 Å². The van der Waals surface area contributed by atoms with Crippen molar-refractivity contribution in [3.63, 3.8) is 0 Å². The fourth-order valence-electron chi connectivity index (χ4n) is 8.39. The zero-order valence-electron chi connectivity index (χ0n) is 33.0. The lowest BCUT2D eigenvalue weighted by molar-refractivity contribution is 0.0193. The van der Waals surface area contributed by atoms with E-state index in [0.29, 0.717) is 66.8 Å². The summed E-state index contributed by atoms with van der Waals surface area (Å²) in [5, 5.41) is 0.327. The van der Waals surface area contributed by atoms with E-state index in [9.17, 15) is 9.59 Å². The highest BCUT2D eigenvalue weighted by Gasteiger charge is 2.35. The number of thiazole rings is 1. The van der Waals surface area contributed by atoms with E-state index in [1.54, 1.807) is 21.9 Å². The van der Waals surface area contributed by atoms with Gasteiger partial charge in [0, 0.05) is 72.7 Å². The lowest BCUT2D eigenvalue weighted by Crippen LogP contribution is -2.52. The lowest BCUT2D eigenvalue weighted by Gasteiger charge is -2.41. The first-order chi connectivity index (χ1) is 28.9. The fraction of sp³-hybridized carbons (Fsp3) is 0.250. The van der Waals surface area contributed by atoms with Crippen LogP contribution in [0, 0.1) is 6.92 Å². The van der Waals surface area contributed by atoms with Gasteiger partial charge in [-0.1, -0.05) is 78.9 Å². The molecule has 6 aromatic rings. The molecular formula is C48H45N5O5S. The van der Waals surface area contributed by atoms with Crippen LogP contribution in [0.2, 0.25) is 0 Å². The number of anilines is 2. The van der Waals surface area contributed by atoms with Gasteiger partial charge in [-0.15, -0.1) is 11.3 Å². The summed E-state index contributed by atoms with van der Waals surface area (Å²) in [6, 6.07) is 40.5. The number of para-hydroxylation sites is 3. The van der Waals surface area contributed by atoms with Gasteiger partial charge in [-0.3, -0.25) is 19.4 Å². The molecule has 10 nitrogen and oxygen atoms in total. The molecule has 0 unspecified atom stereocenters. The number of hydrogen-bond donors (Lipinski definition) is 0. The highest BCUT2D eigenvalue weighted by atomic mass is 32.1. The van der Waals surface area contributed by atoms with Gasteiger partial charge in [-0.2, -0.15) is 0 Å². The molecule has 3 aliphatic heterocycles. The molecule has 3 aliphatic rings. The zero-order chi connectivity index (χ0) is 40.3. The molecule has 1 saturated heterocycles. The van der Waals surface area contributed by atoms with E-state index in [1.165, 1.54) is 16.9 Å². The Labute approximate surface area is 348 Å². The molecule has 5 aromatic carbocycles. The first-order valence-corrected chi connectivity index (χ1v) is 21.0. The van der Waals surface area contributed by atoms with E-state index < -0.39 is 6.09 Å². The summed E-state index contributed by atoms with van der Waals surface area (Å²) in [7, 11) is 0. The molecule has 0 saturated carbocycles.